The quantitative estimate of drug-likeness (QED) is 0.266. The lowest BCUT2D eigenvalue weighted by molar-refractivity contribution is 0.372. The van der Waals surface area contributed by atoms with Gasteiger partial charge < -0.3 is 10.6 Å². The summed E-state index contributed by atoms with van der Waals surface area (Å²) in [5.41, 5.74) is 3.71. The second kappa shape index (κ2) is 12.8. The van der Waals surface area contributed by atoms with Crippen molar-refractivity contribution in [3.8, 4) is 17.7 Å². The number of pyridine rings is 1. The SMILES string of the molecule is O=c1c(C#CC2CCCC2)cc2cnc(Nc3ccc(CC4CCNCC4)cc3)nc2n1Cc1cncnc1-n1cccn1. The Bertz CT molecular complexity index is 1860. The van der Waals surface area contributed by atoms with Crippen LogP contribution in [0.25, 0.3) is 16.9 Å². The van der Waals surface area contributed by atoms with E-state index in [1.165, 1.54) is 37.6 Å². The molecule has 0 bridgehead atoms. The molecule has 5 aromatic rings. The molecule has 44 heavy (non-hydrogen) atoms. The summed E-state index contributed by atoms with van der Waals surface area (Å²) in [6, 6.07) is 12.1. The van der Waals surface area contributed by atoms with Crippen LogP contribution >= 0.6 is 0 Å². The number of nitrogens with one attached hydrogen (secondary N) is 2. The van der Waals surface area contributed by atoms with Gasteiger partial charge in [-0.15, -0.1) is 0 Å². The number of benzene rings is 1. The zero-order valence-corrected chi connectivity index (χ0v) is 24.6. The molecule has 2 fully saturated rings. The minimum atomic E-state index is -0.204. The van der Waals surface area contributed by atoms with Gasteiger partial charge in [-0.05, 0) is 80.9 Å². The lowest BCUT2D eigenvalue weighted by Gasteiger charge is -2.22. The van der Waals surface area contributed by atoms with Crippen LogP contribution in [0.4, 0.5) is 11.6 Å². The molecule has 5 heterocycles. The molecule has 0 amide bonds. The smallest absolute Gasteiger partial charge is 0.268 e. The predicted octanol–water partition coefficient (Wildman–Crippen LogP) is 4.64. The van der Waals surface area contributed by atoms with Crippen LogP contribution in [0.3, 0.4) is 0 Å². The third-order valence-electron chi connectivity index (χ3n) is 8.60. The van der Waals surface area contributed by atoms with Crippen molar-refractivity contribution >= 4 is 22.7 Å². The maximum atomic E-state index is 14.0. The number of nitrogens with zero attached hydrogens (tertiary/aromatic N) is 7. The molecule has 4 aromatic heterocycles. The van der Waals surface area contributed by atoms with Crippen molar-refractivity contribution in [3.63, 3.8) is 0 Å². The fourth-order valence-corrected chi connectivity index (χ4v) is 6.21. The third kappa shape index (κ3) is 6.24. The summed E-state index contributed by atoms with van der Waals surface area (Å²) in [7, 11) is 0. The molecule has 1 aliphatic heterocycles. The second-order valence-corrected chi connectivity index (χ2v) is 11.7. The van der Waals surface area contributed by atoms with E-state index in [4.69, 9.17) is 4.98 Å². The minimum Gasteiger partial charge on any atom is -0.324 e. The zero-order valence-electron chi connectivity index (χ0n) is 24.6. The first-order valence-electron chi connectivity index (χ1n) is 15.5. The van der Waals surface area contributed by atoms with Gasteiger partial charge in [0.1, 0.15) is 12.0 Å². The van der Waals surface area contributed by atoms with Gasteiger partial charge in [0.15, 0.2) is 5.82 Å². The van der Waals surface area contributed by atoms with E-state index >= 15 is 0 Å². The molecule has 0 atom stereocenters. The zero-order chi connectivity index (χ0) is 29.7. The van der Waals surface area contributed by atoms with Crippen molar-refractivity contribution in [1.29, 1.82) is 0 Å². The first-order valence-corrected chi connectivity index (χ1v) is 15.5. The Kier molecular flexibility index (Phi) is 8.11. The van der Waals surface area contributed by atoms with Gasteiger partial charge in [-0.25, -0.2) is 19.6 Å². The standard InChI is InChI=1S/C34H35N9O/c44-33-27(9-6-24-4-1-2-5-24)19-28-21-37-34(40-30-10-7-25(8-11-30)18-26-12-15-35-16-13-26)41-32(28)42(33)22-29-20-36-23-38-31(29)43-17-3-14-39-43/h3,7-8,10-11,14,17,19-21,23-24,26,35H,1-2,4-5,12-13,15-16,18,22H2,(H,37,40,41). The predicted molar refractivity (Wildman–Crippen MR) is 170 cm³/mol. The second-order valence-electron chi connectivity index (χ2n) is 11.7. The average molecular weight is 586 g/mol. The van der Waals surface area contributed by atoms with Crippen LogP contribution in [-0.2, 0) is 13.0 Å². The van der Waals surface area contributed by atoms with Crippen molar-refractivity contribution in [2.75, 3.05) is 18.4 Å². The summed E-state index contributed by atoms with van der Waals surface area (Å²) in [6.45, 7) is 2.41. The Morgan fingerprint density at radius 2 is 1.86 bits per heavy atom. The monoisotopic (exact) mass is 585 g/mol. The Morgan fingerprint density at radius 1 is 1.02 bits per heavy atom. The van der Waals surface area contributed by atoms with Crippen molar-refractivity contribution in [2.45, 2.75) is 51.5 Å². The maximum Gasteiger partial charge on any atom is 0.268 e. The van der Waals surface area contributed by atoms with Crippen LogP contribution in [0.15, 0.2) is 72.3 Å². The fourth-order valence-electron chi connectivity index (χ4n) is 6.21. The van der Waals surface area contributed by atoms with Gasteiger partial charge in [0.25, 0.3) is 5.56 Å². The minimum absolute atomic E-state index is 0.201. The highest BCUT2D eigenvalue weighted by Crippen LogP contribution is 2.24. The molecule has 1 saturated heterocycles. The van der Waals surface area contributed by atoms with Gasteiger partial charge >= 0.3 is 0 Å². The van der Waals surface area contributed by atoms with Gasteiger partial charge in [0.2, 0.25) is 5.95 Å². The van der Waals surface area contributed by atoms with Crippen LogP contribution in [0.1, 0.15) is 55.2 Å². The summed E-state index contributed by atoms with van der Waals surface area (Å²) in [6.07, 6.45) is 16.5. The summed E-state index contributed by atoms with van der Waals surface area (Å²) in [5.74, 6) is 8.62. The van der Waals surface area contributed by atoms with Gasteiger partial charge in [-0.2, -0.15) is 10.1 Å². The number of fused-ring (bicyclic) bond motifs is 1. The normalized spacial score (nSPS) is 15.7. The van der Waals surface area contributed by atoms with Crippen LogP contribution in [0, 0.1) is 23.7 Å². The van der Waals surface area contributed by atoms with E-state index in [1.54, 1.807) is 27.8 Å². The van der Waals surface area contributed by atoms with E-state index in [-0.39, 0.29) is 12.1 Å². The number of hydrogen-bond donors (Lipinski definition) is 2. The molecule has 2 N–H and O–H groups in total. The van der Waals surface area contributed by atoms with E-state index in [2.05, 4.69) is 66.8 Å². The molecular weight excluding hydrogens is 550 g/mol. The third-order valence-corrected chi connectivity index (χ3v) is 8.60. The van der Waals surface area contributed by atoms with Gasteiger partial charge in [-0.1, -0.05) is 36.8 Å². The molecule has 1 aromatic carbocycles. The summed E-state index contributed by atoms with van der Waals surface area (Å²) in [5, 5.41) is 11.9. The highest BCUT2D eigenvalue weighted by atomic mass is 16.1. The molecule has 10 nitrogen and oxygen atoms in total. The number of piperidine rings is 1. The molecule has 0 radical (unpaired) electrons. The Morgan fingerprint density at radius 3 is 2.66 bits per heavy atom. The highest BCUT2D eigenvalue weighted by Gasteiger charge is 2.17. The first-order chi connectivity index (χ1) is 21.7. The van der Waals surface area contributed by atoms with Gasteiger partial charge in [0.05, 0.1) is 12.1 Å². The van der Waals surface area contributed by atoms with Crippen LogP contribution in [0.5, 0.6) is 0 Å². The largest absolute Gasteiger partial charge is 0.324 e. The van der Waals surface area contributed by atoms with E-state index < -0.39 is 0 Å². The summed E-state index contributed by atoms with van der Waals surface area (Å²) in [4.78, 5) is 32.1. The van der Waals surface area contributed by atoms with E-state index in [0.717, 1.165) is 54.9 Å². The molecule has 1 aliphatic carbocycles. The van der Waals surface area contributed by atoms with E-state index in [1.807, 2.05) is 18.3 Å². The summed E-state index contributed by atoms with van der Waals surface area (Å²) < 4.78 is 3.32. The molecule has 2 aliphatic rings. The number of hydrogen-bond acceptors (Lipinski definition) is 8. The Balaban J connectivity index is 1.22. The topological polar surface area (TPSA) is 115 Å². The Hall–Kier alpha value is -4.88. The van der Waals surface area contributed by atoms with Crippen molar-refractivity contribution in [2.24, 2.45) is 11.8 Å². The lowest BCUT2D eigenvalue weighted by Crippen LogP contribution is -2.28. The van der Waals surface area contributed by atoms with E-state index in [0.29, 0.717) is 28.9 Å². The van der Waals surface area contributed by atoms with Crippen molar-refractivity contribution in [3.05, 3.63) is 94.6 Å². The Labute approximate surface area is 256 Å². The summed E-state index contributed by atoms with van der Waals surface area (Å²) >= 11 is 0. The molecule has 0 spiro atoms. The molecule has 7 rings (SSSR count). The highest BCUT2D eigenvalue weighted by molar-refractivity contribution is 5.77. The van der Waals surface area contributed by atoms with Crippen LogP contribution in [0.2, 0.25) is 0 Å². The van der Waals surface area contributed by atoms with E-state index in [9.17, 15) is 4.79 Å². The molecular formula is C34H35N9O. The van der Waals surface area contributed by atoms with Crippen LogP contribution in [-0.4, -0.2) is 47.4 Å². The maximum absolute atomic E-state index is 14.0. The molecule has 1 saturated carbocycles. The number of rotatable bonds is 7. The molecule has 10 heteroatoms. The number of aromatic nitrogens is 7. The van der Waals surface area contributed by atoms with Crippen molar-refractivity contribution in [1.82, 2.24) is 39.6 Å². The van der Waals surface area contributed by atoms with Crippen LogP contribution < -0.4 is 16.2 Å². The first kappa shape index (κ1) is 27.9. The molecule has 0 unspecified atom stereocenters. The van der Waals surface area contributed by atoms with Gasteiger partial charge in [0, 0.05) is 47.3 Å². The number of anilines is 2. The fraction of sp³-hybridized carbons (Fsp3) is 0.353. The lowest BCUT2D eigenvalue weighted by atomic mass is 9.91. The molecule has 222 valence electrons. The van der Waals surface area contributed by atoms with Gasteiger partial charge in [-0.3, -0.25) is 9.36 Å². The average Bonchev–Trinajstić information content (AvgIpc) is 3.79. The van der Waals surface area contributed by atoms with Crippen molar-refractivity contribution < 1.29 is 0 Å².